The first kappa shape index (κ1) is 19.2. The first-order chi connectivity index (χ1) is 11.3. The summed E-state index contributed by atoms with van der Waals surface area (Å²) >= 11 is 11.6. The number of hydrogen-bond donors (Lipinski definition) is 4. The molecule has 1 heterocycles. The van der Waals surface area contributed by atoms with Gasteiger partial charge in [-0.1, -0.05) is 23.2 Å². The predicted molar refractivity (Wildman–Crippen MR) is 81.8 cm³/mol. The van der Waals surface area contributed by atoms with E-state index in [1.807, 2.05) is 0 Å². The molecule has 0 aliphatic carbocycles. The fourth-order valence-corrected chi connectivity index (χ4v) is 2.52. The summed E-state index contributed by atoms with van der Waals surface area (Å²) in [5.74, 6) is -0.711. The minimum Gasteiger partial charge on any atom is -0.480 e. The van der Waals surface area contributed by atoms with Crippen LogP contribution in [0.15, 0.2) is 18.2 Å². The molecule has 1 aliphatic heterocycles. The highest BCUT2D eigenvalue weighted by atomic mass is 35.5. The lowest BCUT2D eigenvalue weighted by atomic mass is 9.99. The van der Waals surface area contributed by atoms with Crippen molar-refractivity contribution in [1.29, 1.82) is 0 Å². The summed E-state index contributed by atoms with van der Waals surface area (Å²) in [7, 11) is 0. The Balaban J connectivity index is 1.91. The summed E-state index contributed by atoms with van der Waals surface area (Å²) < 4.78 is 15.1. The SMILES string of the molecule is O=C(COc1ccc(Cl)cc1Cl)O[C@@H]1O[C@H](CO)[C@@H](O)[C@H](O)[C@H]1O. The van der Waals surface area contributed by atoms with Crippen LogP contribution in [0, 0.1) is 0 Å². The van der Waals surface area contributed by atoms with Gasteiger partial charge in [0, 0.05) is 5.02 Å². The Morgan fingerprint density at radius 3 is 2.50 bits per heavy atom. The van der Waals surface area contributed by atoms with E-state index >= 15 is 0 Å². The van der Waals surface area contributed by atoms with E-state index in [0.717, 1.165) is 0 Å². The second-order valence-electron chi connectivity index (χ2n) is 5.05. The molecule has 1 aliphatic rings. The largest absolute Gasteiger partial charge is 0.480 e. The van der Waals surface area contributed by atoms with E-state index in [9.17, 15) is 20.1 Å². The molecule has 24 heavy (non-hydrogen) atoms. The van der Waals surface area contributed by atoms with Crippen molar-refractivity contribution in [2.75, 3.05) is 13.2 Å². The van der Waals surface area contributed by atoms with Crippen molar-refractivity contribution >= 4 is 29.2 Å². The minimum atomic E-state index is -1.68. The van der Waals surface area contributed by atoms with Crippen molar-refractivity contribution in [1.82, 2.24) is 0 Å². The fraction of sp³-hybridized carbons (Fsp3) is 0.500. The third kappa shape index (κ3) is 4.48. The van der Waals surface area contributed by atoms with Crippen LogP contribution < -0.4 is 4.74 Å². The number of benzene rings is 1. The first-order valence-electron chi connectivity index (χ1n) is 6.91. The summed E-state index contributed by atoms with van der Waals surface area (Å²) in [6, 6.07) is 4.42. The van der Waals surface area contributed by atoms with E-state index in [-0.39, 0.29) is 10.8 Å². The standard InChI is InChI=1S/C14H16Cl2O8/c15-6-1-2-8(7(16)3-6)22-5-10(18)24-14-13(21)12(20)11(19)9(4-17)23-14/h1-3,9,11-14,17,19-21H,4-5H2/t9-,11-,12+,13-,14+/m1/s1. The average molecular weight is 383 g/mol. The second-order valence-corrected chi connectivity index (χ2v) is 5.89. The van der Waals surface area contributed by atoms with Crippen LogP contribution in [0.2, 0.25) is 10.0 Å². The van der Waals surface area contributed by atoms with E-state index in [2.05, 4.69) is 0 Å². The van der Waals surface area contributed by atoms with E-state index < -0.39 is 49.9 Å². The predicted octanol–water partition coefficient (Wildman–Crippen LogP) is -0.285. The molecular weight excluding hydrogens is 367 g/mol. The molecule has 1 aromatic carbocycles. The van der Waals surface area contributed by atoms with Gasteiger partial charge < -0.3 is 34.6 Å². The van der Waals surface area contributed by atoms with Gasteiger partial charge in [-0.2, -0.15) is 0 Å². The Morgan fingerprint density at radius 2 is 1.88 bits per heavy atom. The van der Waals surface area contributed by atoms with Gasteiger partial charge in [-0.05, 0) is 18.2 Å². The van der Waals surface area contributed by atoms with Crippen molar-refractivity contribution in [3.63, 3.8) is 0 Å². The molecule has 0 spiro atoms. The van der Waals surface area contributed by atoms with Crippen molar-refractivity contribution in [3.05, 3.63) is 28.2 Å². The quantitative estimate of drug-likeness (QED) is 0.512. The molecule has 0 aromatic heterocycles. The number of ether oxygens (including phenoxy) is 3. The molecular formula is C14H16Cl2O8. The van der Waals surface area contributed by atoms with Gasteiger partial charge in [0.2, 0.25) is 6.29 Å². The molecule has 8 nitrogen and oxygen atoms in total. The van der Waals surface area contributed by atoms with Crippen LogP contribution in [0.5, 0.6) is 5.75 Å². The van der Waals surface area contributed by atoms with Gasteiger partial charge in [0.1, 0.15) is 30.2 Å². The Morgan fingerprint density at radius 1 is 1.17 bits per heavy atom. The molecule has 0 unspecified atom stereocenters. The van der Waals surface area contributed by atoms with Crippen LogP contribution in [0.3, 0.4) is 0 Å². The number of halogens is 2. The maximum absolute atomic E-state index is 11.8. The summed E-state index contributed by atoms with van der Waals surface area (Å²) in [6.45, 7) is -1.17. The summed E-state index contributed by atoms with van der Waals surface area (Å²) in [5, 5.41) is 38.6. The van der Waals surface area contributed by atoms with E-state index in [1.165, 1.54) is 18.2 Å². The second kappa shape index (κ2) is 8.30. The monoisotopic (exact) mass is 382 g/mol. The van der Waals surface area contributed by atoms with E-state index in [4.69, 9.17) is 42.5 Å². The molecule has 1 aromatic rings. The lowest BCUT2D eigenvalue weighted by molar-refractivity contribution is -0.293. The lowest BCUT2D eigenvalue weighted by Gasteiger charge is -2.39. The average Bonchev–Trinajstić information content (AvgIpc) is 2.54. The molecule has 0 bridgehead atoms. The molecule has 10 heteroatoms. The molecule has 2 rings (SSSR count). The van der Waals surface area contributed by atoms with Gasteiger partial charge in [-0.15, -0.1) is 0 Å². The molecule has 5 atom stereocenters. The van der Waals surface area contributed by atoms with Gasteiger partial charge in [-0.25, -0.2) is 4.79 Å². The van der Waals surface area contributed by atoms with Crippen molar-refractivity contribution in [3.8, 4) is 5.75 Å². The zero-order valence-electron chi connectivity index (χ0n) is 12.2. The molecule has 4 N–H and O–H groups in total. The van der Waals surface area contributed by atoms with Gasteiger partial charge >= 0.3 is 5.97 Å². The Bertz CT molecular complexity index is 582. The van der Waals surface area contributed by atoms with Gasteiger partial charge in [0.15, 0.2) is 6.61 Å². The fourth-order valence-electron chi connectivity index (χ4n) is 2.06. The highest BCUT2D eigenvalue weighted by Gasteiger charge is 2.45. The number of aliphatic hydroxyl groups is 4. The van der Waals surface area contributed by atoms with Crippen LogP contribution in [-0.2, 0) is 14.3 Å². The van der Waals surface area contributed by atoms with E-state index in [1.54, 1.807) is 0 Å². The number of carbonyl (C=O) groups excluding carboxylic acids is 1. The Labute approximate surface area is 147 Å². The zero-order valence-corrected chi connectivity index (χ0v) is 13.7. The summed E-state index contributed by atoms with van der Waals surface area (Å²) in [5.41, 5.74) is 0. The molecule has 0 radical (unpaired) electrons. The van der Waals surface area contributed by atoms with Crippen LogP contribution in [-0.4, -0.2) is 70.3 Å². The van der Waals surface area contributed by atoms with Crippen molar-refractivity contribution in [2.24, 2.45) is 0 Å². The summed E-state index contributed by atoms with van der Waals surface area (Å²) in [6.07, 6.45) is -7.58. The summed E-state index contributed by atoms with van der Waals surface area (Å²) in [4.78, 5) is 11.8. The van der Waals surface area contributed by atoms with Gasteiger partial charge in [-0.3, -0.25) is 0 Å². The van der Waals surface area contributed by atoms with E-state index in [0.29, 0.717) is 5.02 Å². The molecule has 134 valence electrons. The molecule has 1 fully saturated rings. The van der Waals surface area contributed by atoms with Crippen LogP contribution in [0.4, 0.5) is 0 Å². The maximum atomic E-state index is 11.8. The first-order valence-corrected chi connectivity index (χ1v) is 7.67. The number of rotatable bonds is 5. The molecule has 0 amide bonds. The van der Waals surface area contributed by atoms with Gasteiger partial charge in [0.25, 0.3) is 0 Å². The number of esters is 1. The topological polar surface area (TPSA) is 126 Å². The minimum absolute atomic E-state index is 0.197. The number of carbonyl (C=O) groups is 1. The van der Waals surface area contributed by atoms with Gasteiger partial charge in [0.05, 0.1) is 11.6 Å². The zero-order chi connectivity index (χ0) is 17.9. The smallest absolute Gasteiger partial charge is 0.346 e. The number of hydrogen-bond acceptors (Lipinski definition) is 8. The van der Waals surface area contributed by atoms with Crippen molar-refractivity contribution in [2.45, 2.75) is 30.7 Å². The normalized spacial score (nSPS) is 30.0. The maximum Gasteiger partial charge on any atom is 0.346 e. The molecule has 0 saturated carbocycles. The Kier molecular flexibility index (Phi) is 6.64. The van der Waals surface area contributed by atoms with Crippen LogP contribution >= 0.6 is 23.2 Å². The highest BCUT2D eigenvalue weighted by molar-refractivity contribution is 6.35. The third-order valence-corrected chi connectivity index (χ3v) is 3.87. The van der Waals surface area contributed by atoms with Crippen molar-refractivity contribution < 1.29 is 39.4 Å². The Hall–Kier alpha value is -1.13. The molecule has 1 saturated heterocycles. The third-order valence-electron chi connectivity index (χ3n) is 3.34. The van der Waals surface area contributed by atoms with Crippen LogP contribution in [0.25, 0.3) is 0 Å². The highest BCUT2D eigenvalue weighted by Crippen LogP contribution is 2.27. The van der Waals surface area contributed by atoms with Crippen LogP contribution in [0.1, 0.15) is 0 Å². The number of aliphatic hydroxyl groups excluding tert-OH is 4. The lowest BCUT2D eigenvalue weighted by Crippen LogP contribution is -2.59.